The van der Waals surface area contributed by atoms with Crippen LogP contribution in [-0.4, -0.2) is 82.0 Å². The van der Waals surface area contributed by atoms with Crippen LogP contribution in [0.2, 0.25) is 0 Å². The van der Waals surface area contributed by atoms with Gasteiger partial charge in [-0.05, 0) is 92.3 Å². The molecule has 4 atom stereocenters. The Morgan fingerprint density at radius 3 is 1.83 bits per heavy atom. The molecule has 1 N–H and O–H groups in total. The van der Waals surface area contributed by atoms with Gasteiger partial charge in [0.25, 0.3) is 7.82 Å². The lowest BCUT2D eigenvalue weighted by Gasteiger charge is -2.50. The van der Waals surface area contributed by atoms with Gasteiger partial charge in [0.15, 0.2) is 12.0 Å². The summed E-state index contributed by atoms with van der Waals surface area (Å²) in [5.41, 5.74) is 0.680. The maximum Gasteiger partial charge on any atom is 0.306 e. The average Bonchev–Trinajstić information content (AvgIpc) is 3.22. The maximum atomic E-state index is 13.0. The van der Waals surface area contributed by atoms with Crippen LogP contribution in [0.3, 0.4) is 0 Å². The zero-order valence-corrected chi connectivity index (χ0v) is 43.8. The van der Waals surface area contributed by atoms with Crippen molar-refractivity contribution in [2.45, 2.75) is 234 Å². The number of hydrogen-bond acceptors (Lipinski definition) is 10. The first-order valence-corrected chi connectivity index (χ1v) is 27.6. The van der Waals surface area contributed by atoms with Crippen molar-refractivity contribution < 1.29 is 46.8 Å². The topological polar surface area (TPSA) is 144 Å². The van der Waals surface area contributed by atoms with Gasteiger partial charge < -0.3 is 32.6 Å². The molecule has 11 nitrogen and oxygen atoms in total. The highest BCUT2D eigenvalue weighted by Crippen LogP contribution is 2.54. The second kappa shape index (κ2) is 30.8. The zero-order valence-electron chi connectivity index (χ0n) is 43.0. The van der Waals surface area contributed by atoms with Gasteiger partial charge in [0.2, 0.25) is 0 Å². The van der Waals surface area contributed by atoms with Gasteiger partial charge in [0.1, 0.15) is 25.9 Å². The lowest BCUT2D eigenvalue weighted by molar-refractivity contribution is -0.870. The van der Waals surface area contributed by atoms with E-state index >= 15 is 0 Å². The molecule has 2 aliphatic rings. The second-order valence-electron chi connectivity index (χ2n) is 22.3. The van der Waals surface area contributed by atoms with Crippen molar-refractivity contribution in [2.24, 2.45) is 34.5 Å². The molecule has 0 aromatic heterocycles. The van der Waals surface area contributed by atoms with Crippen LogP contribution in [0.1, 0.15) is 222 Å². The number of carbonyl (C=O) groups is 2. The molecule has 2 saturated carbocycles. The predicted octanol–water partition coefficient (Wildman–Crippen LogP) is 13.1. The predicted molar refractivity (Wildman–Crippen MR) is 259 cm³/mol. The van der Waals surface area contributed by atoms with Gasteiger partial charge in [-0.3, -0.25) is 19.6 Å². The molecule has 0 aromatic carbocycles. The van der Waals surface area contributed by atoms with Crippen molar-refractivity contribution in [2.75, 3.05) is 47.5 Å². The van der Waals surface area contributed by atoms with Crippen molar-refractivity contribution in [1.82, 2.24) is 0 Å². The molecule has 0 saturated heterocycles. The molecule has 2 rings (SSSR count). The Hall–Kier alpha value is -1.52. The fourth-order valence-electron chi connectivity index (χ4n) is 10.0. The standard InChI is InChI=1S/C52H99N2O9P/c1-11-12-13-14-15-16-17-18-19-20-21-22-23-27-49(55)59-40-47(41-61-64(57,58)60-39-38-54(8,9)10)62-48(53)28-29-50(56)63-46-32-36-52(7,37-33-46)45-30-34-51(6,35-31-45)44(5)43(4)26-24-25-42(2)3/h42-47,53H,11-41H2,1-10H3/t43-,44-,45?,46?,47+,51?,52?/m0/s1. The van der Waals surface area contributed by atoms with E-state index in [0.717, 1.165) is 62.7 Å². The number of likely N-dealkylation sites (N-methyl/N-ethyl adjacent to an activating group) is 1. The molecule has 376 valence electrons. The Labute approximate surface area is 392 Å². The van der Waals surface area contributed by atoms with E-state index in [4.69, 9.17) is 28.7 Å². The van der Waals surface area contributed by atoms with Crippen molar-refractivity contribution in [3.05, 3.63) is 0 Å². The zero-order chi connectivity index (χ0) is 47.7. The summed E-state index contributed by atoms with van der Waals surface area (Å²) in [7, 11) is 1.09. The minimum absolute atomic E-state index is 0.0304. The number of phosphoric acid groups is 1. The summed E-state index contributed by atoms with van der Waals surface area (Å²) in [6, 6.07) is 0. The first-order chi connectivity index (χ1) is 30.2. The molecule has 0 heterocycles. The molecule has 0 bridgehead atoms. The van der Waals surface area contributed by atoms with Gasteiger partial charge in [0.05, 0.1) is 34.2 Å². The lowest BCUT2D eigenvalue weighted by Crippen LogP contribution is -2.41. The highest BCUT2D eigenvalue weighted by atomic mass is 31.2. The second-order valence-corrected chi connectivity index (χ2v) is 23.7. The number of nitrogens with zero attached hydrogens (tertiary/aromatic N) is 1. The molecular formula is C52H99N2O9P. The van der Waals surface area contributed by atoms with Crippen molar-refractivity contribution in [3.63, 3.8) is 0 Å². The summed E-state index contributed by atoms with van der Waals surface area (Å²) in [6.45, 7) is 16.5. The number of ether oxygens (including phenoxy) is 3. The molecule has 12 heteroatoms. The van der Waals surface area contributed by atoms with E-state index in [-0.39, 0.29) is 55.9 Å². The number of rotatable bonds is 35. The van der Waals surface area contributed by atoms with Crippen LogP contribution in [0.25, 0.3) is 0 Å². The molecule has 0 spiro atoms. The van der Waals surface area contributed by atoms with Crippen LogP contribution < -0.4 is 4.89 Å². The van der Waals surface area contributed by atoms with Crippen LogP contribution in [0, 0.1) is 39.9 Å². The highest BCUT2D eigenvalue weighted by molar-refractivity contribution is 7.45. The van der Waals surface area contributed by atoms with E-state index in [9.17, 15) is 19.0 Å². The molecule has 1 unspecified atom stereocenters. The summed E-state index contributed by atoms with van der Waals surface area (Å²) in [6.07, 6.45) is 27.6. The molecule has 64 heavy (non-hydrogen) atoms. The van der Waals surface area contributed by atoms with E-state index in [1.54, 1.807) is 0 Å². The fourth-order valence-corrected chi connectivity index (χ4v) is 10.7. The summed E-state index contributed by atoms with van der Waals surface area (Å²) in [4.78, 5) is 38.2. The molecule has 0 radical (unpaired) electrons. The van der Waals surface area contributed by atoms with Gasteiger partial charge in [-0.2, -0.15) is 0 Å². The van der Waals surface area contributed by atoms with Gasteiger partial charge in [0, 0.05) is 12.8 Å². The van der Waals surface area contributed by atoms with E-state index in [1.807, 2.05) is 21.1 Å². The number of quaternary nitrogens is 1. The molecule has 2 fully saturated rings. The number of nitrogens with one attached hydrogen (secondary N) is 1. The Kier molecular flexibility index (Phi) is 28.2. The Balaban J connectivity index is 1.77. The third-order valence-electron chi connectivity index (χ3n) is 15.1. The van der Waals surface area contributed by atoms with Crippen LogP contribution >= 0.6 is 7.82 Å². The normalized spacial score (nSPS) is 24.1. The third kappa shape index (κ3) is 25.6. The summed E-state index contributed by atoms with van der Waals surface area (Å²) < 4.78 is 40.3. The number of hydrogen-bond donors (Lipinski definition) is 1. The van der Waals surface area contributed by atoms with Gasteiger partial charge in [-0.25, -0.2) is 0 Å². The van der Waals surface area contributed by atoms with E-state index in [0.29, 0.717) is 28.8 Å². The number of esters is 2. The summed E-state index contributed by atoms with van der Waals surface area (Å²) in [5, 5.41) is 8.48. The molecular weight excluding hydrogens is 828 g/mol. The van der Waals surface area contributed by atoms with Crippen LogP contribution in [0.15, 0.2) is 0 Å². The van der Waals surface area contributed by atoms with Crippen LogP contribution in [-0.2, 0) is 37.4 Å². The highest BCUT2D eigenvalue weighted by Gasteiger charge is 2.45. The number of unbranched alkanes of at least 4 members (excludes halogenated alkanes) is 12. The molecule has 0 aliphatic heterocycles. The van der Waals surface area contributed by atoms with Crippen molar-refractivity contribution >= 4 is 25.7 Å². The van der Waals surface area contributed by atoms with Crippen molar-refractivity contribution in [1.29, 1.82) is 5.41 Å². The van der Waals surface area contributed by atoms with Gasteiger partial charge in [-0.1, -0.05) is 145 Å². The summed E-state index contributed by atoms with van der Waals surface area (Å²) >= 11 is 0. The number of carbonyl (C=O) groups excluding carboxylic acids is 2. The Morgan fingerprint density at radius 1 is 0.719 bits per heavy atom. The largest absolute Gasteiger partial charge is 0.756 e. The smallest absolute Gasteiger partial charge is 0.306 e. The monoisotopic (exact) mass is 927 g/mol. The SMILES string of the molecule is CCCCCCCCCCCCCCCC(=O)OC[C@H](COP(=O)([O-])OCC[N+](C)(C)C)OC(=N)CCC(=O)OC1CCC(C)(C2CCC(C)([C@@H](C)[C@@H](C)CCCC(C)C)CC2)CC1. The first-order valence-electron chi connectivity index (χ1n) is 26.2. The molecule has 0 amide bonds. The van der Waals surface area contributed by atoms with E-state index in [1.165, 1.54) is 103 Å². The van der Waals surface area contributed by atoms with Crippen LogP contribution in [0.4, 0.5) is 0 Å². The van der Waals surface area contributed by atoms with Gasteiger partial charge >= 0.3 is 11.9 Å². The minimum atomic E-state index is -4.68. The molecule has 2 aliphatic carbocycles. The van der Waals surface area contributed by atoms with Gasteiger partial charge in [-0.15, -0.1) is 0 Å². The lowest BCUT2D eigenvalue weighted by atomic mass is 9.55. The van der Waals surface area contributed by atoms with Crippen LogP contribution in [0.5, 0.6) is 0 Å². The Morgan fingerprint density at radius 2 is 1.28 bits per heavy atom. The quantitative estimate of drug-likeness (QED) is 0.0164. The Bertz CT molecular complexity index is 1340. The van der Waals surface area contributed by atoms with E-state index < -0.39 is 26.5 Å². The molecule has 0 aromatic rings. The fraction of sp³-hybridized carbons (Fsp3) is 0.942. The maximum absolute atomic E-state index is 13.0. The van der Waals surface area contributed by atoms with E-state index in [2.05, 4.69) is 48.5 Å². The first kappa shape index (κ1) is 58.6. The third-order valence-corrected chi connectivity index (χ3v) is 16.1. The minimum Gasteiger partial charge on any atom is -0.756 e. The van der Waals surface area contributed by atoms with Crippen molar-refractivity contribution in [3.8, 4) is 0 Å². The number of phosphoric ester groups is 1. The summed E-state index contributed by atoms with van der Waals surface area (Å²) in [5.74, 6) is 1.96. The average molecular weight is 927 g/mol.